The van der Waals surface area contributed by atoms with Gasteiger partial charge in [-0.25, -0.2) is 8.78 Å². The van der Waals surface area contributed by atoms with Gasteiger partial charge in [0, 0.05) is 24.7 Å². The molecule has 0 heterocycles. The first-order valence-electron chi connectivity index (χ1n) is 3.54. The maximum atomic E-state index is 12.9. The molecule has 0 atom stereocenters. The number of phenols is 1. The molecule has 0 aliphatic rings. The third kappa shape index (κ3) is 1.97. The number of aromatic hydroxyl groups is 1. The van der Waals surface area contributed by atoms with E-state index in [1.807, 2.05) is 0 Å². The maximum Gasteiger partial charge on any atom is 0.168 e. The van der Waals surface area contributed by atoms with Gasteiger partial charge in [0.15, 0.2) is 11.6 Å². The topological polar surface area (TPSA) is 40.5 Å². The maximum absolute atomic E-state index is 12.9. The predicted molar refractivity (Wildman–Crippen MR) is 46.5 cm³/mol. The van der Waals surface area contributed by atoms with E-state index in [9.17, 15) is 8.78 Å². The summed E-state index contributed by atoms with van der Waals surface area (Å²) in [7, 11) is 0. The highest BCUT2D eigenvalue weighted by molar-refractivity contribution is 9.10. The molecule has 0 aliphatic heterocycles. The number of aliphatic hydroxyl groups excluding tert-OH is 1. The standard InChI is InChI=1S/C8H7BrF2O2/c9-7-4(1-2-12)8(13)6(11)3-5(7)10/h3,12-13H,1-2H2. The van der Waals surface area contributed by atoms with Crippen LogP contribution >= 0.6 is 15.9 Å². The molecule has 72 valence electrons. The van der Waals surface area contributed by atoms with Crippen LogP contribution in [0.4, 0.5) is 8.78 Å². The highest BCUT2D eigenvalue weighted by Gasteiger charge is 2.15. The van der Waals surface area contributed by atoms with Gasteiger partial charge in [0.05, 0.1) is 4.47 Å². The van der Waals surface area contributed by atoms with Crippen molar-refractivity contribution >= 4 is 15.9 Å². The lowest BCUT2D eigenvalue weighted by molar-refractivity contribution is 0.296. The van der Waals surface area contributed by atoms with Crippen molar-refractivity contribution in [1.29, 1.82) is 0 Å². The summed E-state index contributed by atoms with van der Waals surface area (Å²) < 4.78 is 25.6. The van der Waals surface area contributed by atoms with Gasteiger partial charge in [-0.3, -0.25) is 0 Å². The molecule has 1 aromatic rings. The Morgan fingerprint density at radius 1 is 1.31 bits per heavy atom. The van der Waals surface area contributed by atoms with Crippen LogP contribution < -0.4 is 0 Å². The first kappa shape index (κ1) is 10.4. The van der Waals surface area contributed by atoms with Crippen molar-refractivity contribution in [2.75, 3.05) is 6.61 Å². The zero-order valence-corrected chi connectivity index (χ0v) is 8.11. The van der Waals surface area contributed by atoms with E-state index < -0.39 is 17.4 Å². The van der Waals surface area contributed by atoms with Gasteiger partial charge in [0.25, 0.3) is 0 Å². The first-order chi connectivity index (χ1) is 6.07. The van der Waals surface area contributed by atoms with E-state index in [4.69, 9.17) is 10.2 Å². The lowest BCUT2D eigenvalue weighted by Crippen LogP contribution is -1.97. The SMILES string of the molecule is OCCc1c(O)c(F)cc(F)c1Br. The van der Waals surface area contributed by atoms with Crippen LogP contribution in [0.25, 0.3) is 0 Å². The van der Waals surface area contributed by atoms with Gasteiger partial charge in [0.2, 0.25) is 0 Å². The molecule has 0 aliphatic carbocycles. The minimum absolute atomic E-state index is 0.00109. The lowest BCUT2D eigenvalue weighted by atomic mass is 10.1. The summed E-state index contributed by atoms with van der Waals surface area (Å²) in [6.07, 6.45) is 0.00109. The van der Waals surface area contributed by atoms with Crippen molar-refractivity contribution in [2.45, 2.75) is 6.42 Å². The van der Waals surface area contributed by atoms with E-state index in [2.05, 4.69) is 15.9 Å². The van der Waals surface area contributed by atoms with Crippen LogP contribution in [0, 0.1) is 11.6 Å². The average Bonchev–Trinajstić information content (AvgIpc) is 2.09. The fourth-order valence-electron chi connectivity index (χ4n) is 0.975. The Morgan fingerprint density at radius 2 is 1.92 bits per heavy atom. The van der Waals surface area contributed by atoms with Gasteiger partial charge in [0.1, 0.15) is 5.82 Å². The van der Waals surface area contributed by atoms with Gasteiger partial charge in [-0.05, 0) is 15.9 Å². The highest BCUT2D eigenvalue weighted by atomic mass is 79.9. The summed E-state index contributed by atoms with van der Waals surface area (Å²) >= 11 is 2.85. The zero-order valence-electron chi connectivity index (χ0n) is 6.52. The third-order valence-electron chi connectivity index (χ3n) is 1.60. The van der Waals surface area contributed by atoms with Crippen LogP contribution in [0.2, 0.25) is 0 Å². The Labute approximate surface area is 81.9 Å². The first-order valence-corrected chi connectivity index (χ1v) is 4.33. The van der Waals surface area contributed by atoms with Gasteiger partial charge in [-0.1, -0.05) is 0 Å². The molecular weight excluding hydrogens is 246 g/mol. The van der Waals surface area contributed by atoms with E-state index in [-0.39, 0.29) is 23.1 Å². The van der Waals surface area contributed by atoms with E-state index in [0.717, 1.165) is 0 Å². The quantitative estimate of drug-likeness (QED) is 0.791. The Hall–Kier alpha value is -0.680. The van der Waals surface area contributed by atoms with E-state index in [0.29, 0.717) is 6.07 Å². The van der Waals surface area contributed by atoms with Crippen LogP contribution in [-0.2, 0) is 6.42 Å². The van der Waals surface area contributed by atoms with Crippen molar-refractivity contribution < 1.29 is 19.0 Å². The Bertz CT molecular complexity index is 302. The third-order valence-corrected chi connectivity index (χ3v) is 2.46. The molecule has 0 spiro atoms. The van der Waals surface area contributed by atoms with Crippen molar-refractivity contribution in [2.24, 2.45) is 0 Å². The number of phenolic OH excluding ortho intramolecular Hbond substituents is 1. The van der Waals surface area contributed by atoms with Crippen molar-refractivity contribution in [3.63, 3.8) is 0 Å². The van der Waals surface area contributed by atoms with E-state index in [1.54, 1.807) is 0 Å². The number of hydrogen-bond donors (Lipinski definition) is 2. The molecule has 13 heavy (non-hydrogen) atoms. The highest BCUT2D eigenvalue weighted by Crippen LogP contribution is 2.31. The molecular formula is C8H7BrF2O2. The molecule has 0 bridgehead atoms. The van der Waals surface area contributed by atoms with E-state index >= 15 is 0 Å². The van der Waals surface area contributed by atoms with Gasteiger partial charge in [-0.15, -0.1) is 0 Å². The predicted octanol–water partition coefficient (Wildman–Crippen LogP) is 1.97. The second-order valence-electron chi connectivity index (χ2n) is 2.45. The second-order valence-corrected chi connectivity index (χ2v) is 3.25. The number of hydrogen-bond acceptors (Lipinski definition) is 2. The second kappa shape index (κ2) is 4.02. The van der Waals surface area contributed by atoms with Crippen molar-refractivity contribution in [3.05, 3.63) is 27.7 Å². The largest absolute Gasteiger partial charge is 0.505 e. The summed E-state index contributed by atoms with van der Waals surface area (Å²) in [5.74, 6) is -2.44. The van der Waals surface area contributed by atoms with Crippen molar-refractivity contribution in [1.82, 2.24) is 0 Å². The number of aliphatic hydroxyl groups is 1. The van der Waals surface area contributed by atoms with Gasteiger partial charge < -0.3 is 10.2 Å². The molecule has 1 rings (SSSR count). The number of halogens is 3. The van der Waals surface area contributed by atoms with Crippen LogP contribution in [-0.4, -0.2) is 16.8 Å². The van der Waals surface area contributed by atoms with Gasteiger partial charge >= 0.3 is 0 Å². The Balaban J connectivity index is 3.28. The van der Waals surface area contributed by atoms with Crippen LogP contribution in [0.3, 0.4) is 0 Å². The summed E-state index contributed by atoms with van der Waals surface area (Å²) in [5.41, 5.74) is 0.0417. The molecule has 1 aromatic carbocycles. The lowest BCUT2D eigenvalue weighted by Gasteiger charge is -2.07. The Morgan fingerprint density at radius 3 is 2.46 bits per heavy atom. The van der Waals surface area contributed by atoms with Gasteiger partial charge in [-0.2, -0.15) is 0 Å². The van der Waals surface area contributed by atoms with Crippen LogP contribution in [0.5, 0.6) is 5.75 Å². The normalized spacial score (nSPS) is 10.5. The number of rotatable bonds is 2. The fourth-order valence-corrected chi connectivity index (χ4v) is 1.48. The fraction of sp³-hybridized carbons (Fsp3) is 0.250. The molecule has 0 aromatic heterocycles. The smallest absolute Gasteiger partial charge is 0.168 e. The minimum Gasteiger partial charge on any atom is -0.505 e. The molecule has 0 unspecified atom stereocenters. The summed E-state index contributed by atoms with van der Waals surface area (Å²) in [6, 6.07) is 0.584. The van der Waals surface area contributed by atoms with Crippen LogP contribution in [0.15, 0.2) is 10.5 Å². The Kier molecular flexibility index (Phi) is 3.22. The molecule has 0 radical (unpaired) electrons. The monoisotopic (exact) mass is 252 g/mol. The molecule has 0 saturated carbocycles. The summed E-state index contributed by atoms with van der Waals surface area (Å²) in [6.45, 7) is -0.283. The van der Waals surface area contributed by atoms with Crippen LogP contribution in [0.1, 0.15) is 5.56 Å². The number of benzene rings is 1. The molecule has 2 N–H and O–H groups in total. The van der Waals surface area contributed by atoms with E-state index in [1.165, 1.54) is 0 Å². The molecule has 0 fully saturated rings. The summed E-state index contributed by atoms with van der Waals surface area (Å²) in [5, 5.41) is 17.7. The average molecular weight is 253 g/mol. The summed E-state index contributed by atoms with van der Waals surface area (Å²) in [4.78, 5) is 0. The molecule has 0 amide bonds. The molecule has 0 saturated heterocycles. The zero-order chi connectivity index (χ0) is 10.0. The minimum atomic E-state index is -1.02. The molecule has 2 nitrogen and oxygen atoms in total. The molecule has 5 heteroatoms. The van der Waals surface area contributed by atoms with Crippen molar-refractivity contribution in [3.8, 4) is 5.75 Å².